The van der Waals surface area contributed by atoms with Gasteiger partial charge in [-0.3, -0.25) is 0 Å². The number of hydrogen-bond acceptors (Lipinski definition) is 0. The standard InChI is InChI=1S/C22H23N/c1-2-13-23-21(18-11-7-4-8-12-18)16-20-14-19(15-22(20)23)17-9-5-3-6-10-17/h3-12,16,19H,2,13-15H2,1H3. The van der Waals surface area contributed by atoms with Gasteiger partial charge >= 0.3 is 0 Å². The van der Waals surface area contributed by atoms with Crippen molar-refractivity contribution in [2.75, 3.05) is 0 Å². The fourth-order valence-corrected chi connectivity index (χ4v) is 3.92. The Labute approximate surface area is 138 Å². The summed E-state index contributed by atoms with van der Waals surface area (Å²) in [7, 11) is 0. The zero-order valence-electron chi connectivity index (χ0n) is 13.7. The second-order valence-corrected chi connectivity index (χ2v) is 6.54. The molecule has 0 fully saturated rings. The summed E-state index contributed by atoms with van der Waals surface area (Å²) in [5.41, 5.74) is 7.31. The third kappa shape index (κ3) is 2.61. The summed E-state index contributed by atoms with van der Waals surface area (Å²) in [4.78, 5) is 0. The van der Waals surface area contributed by atoms with Crippen molar-refractivity contribution in [3.63, 3.8) is 0 Å². The van der Waals surface area contributed by atoms with Crippen LogP contribution in [0.2, 0.25) is 0 Å². The molecular formula is C22H23N. The van der Waals surface area contributed by atoms with E-state index in [9.17, 15) is 0 Å². The van der Waals surface area contributed by atoms with Crippen molar-refractivity contribution in [3.8, 4) is 11.3 Å². The molecule has 0 radical (unpaired) electrons. The van der Waals surface area contributed by atoms with Crippen molar-refractivity contribution in [1.29, 1.82) is 0 Å². The number of fused-ring (bicyclic) bond motifs is 1. The van der Waals surface area contributed by atoms with Crippen LogP contribution >= 0.6 is 0 Å². The first kappa shape index (κ1) is 14.3. The molecule has 1 nitrogen and oxygen atoms in total. The molecule has 1 atom stereocenters. The zero-order valence-corrected chi connectivity index (χ0v) is 13.7. The molecule has 2 aromatic carbocycles. The largest absolute Gasteiger partial charge is 0.344 e. The van der Waals surface area contributed by atoms with E-state index in [4.69, 9.17) is 0 Å². The van der Waals surface area contributed by atoms with E-state index in [0.29, 0.717) is 5.92 Å². The average Bonchev–Trinajstić information content (AvgIpc) is 3.16. The minimum atomic E-state index is 0.647. The Morgan fingerprint density at radius 3 is 2.30 bits per heavy atom. The maximum atomic E-state index is 2.56. The second kappa shape index (κ2) is 6.08. The second-order valence-electron chi connectivity index (χ2n) is 6.54. The summed E-state index contributed by atoms with van der Waals surface area (Å²) in [6.45, 7) is 3.38. The van der Waals surface area contributed by atoms with E-state index in [2.05, 4.69) is 78.2 Å². The third-order valence-electron chi connectivity index (χ3n) is 4.99. The minimum absolute atomic E-state index is 0.647. The number of rotatable bonds is 4. The monoisotopic (exact) mass is 301 g/mol. The predicted molar refractivity (Wildman–Crippen MR) is 96.8 cm³/mol. The summed E-state index contributed by atoms with van der Waals surface area (Å²) in [5, 5.41) is 0. The van der Waals surface area contributed by atoms with Crippen LogP contribution in [0.25, 0.3) is 11.3 Å². The lowest BCUT2D eigenvalue weighted by Crippen LogP contribution is -2.06. The summed E-state index contributed by atoms with van der Waals surface area (Å²) in [6.07, 6.45) is 3.53. The lowest BCUT2D eigenvalue weighted by molar-refractivity contribution is 0.639. The number of hydrogen-bond donors (Lipinski definition) is 0. The van der Waals surface area contributed by atoms with Crippen molar-refractivity contribution < 1.29 is 0 Å². The fraction of sp³-hybridized carbons (Fsp3) is 0.273. The van der Waals surface area contributed by atoms with E-state index in [1.807, 2.05) is 0 Å². The molecule has 1 aliphatic carbocycles. The molecule has 1 unspecified atom stereocenters. The summed E-state index contributed by atoms with van der Waals surface area (Å²) < 4.78 is 2.56. The number of aromatic nitrogens is 1. The molecule has 0 aliphatic heterocycles. The molecule has 3 aromatic rings. The lowest BCUT2D eigenvalue weighted by atomic mass is 9.96. The summed E-state index contributed by atoms with van der Waals surface area (Å²) in [5.74, 6) is 0.647. The normalized spacial score (nSPS) is 16.5. The Kier molecular flexibility index (Phi) is 3.78. The Morgan fingerprint density at radius 1 is 0.913 bits per heavy atom. The SMILES string of the molecule is CCCn1c(-c2ccccc2)cc2c1CC(c1ccccc1)C2. The summed E-state index contributed by atoms with van der Waals surface area (Å²) in [6, 6.07) is 24.2. The molecule has 0 amide bonds. The highest BCUT2D eigenvalue weighted by atomic mass is 15.0. The molecule has 4 rings (SSSR count). The predicted octanol–water partition coefficient (Wildman–Crippen LogP) is 5.45. The van der Waals surface area contributed by atoms with Crippen molar-refractivity contribution in [3.05, 3.63) is 83.6 Å². The smallest absolute Gasteiger partial charge is 0.0485 e. The first-order chi connectivity index (χ1) is 11.4. The zero-order chi connectivity index (χ0) is 15.6. The first-order valence-corrected chi connectivity index (χ1v) is 8.68. The van der Waals surface area contributed by atoms with Crippen molar-refractivity contribution in [1.82, 2.24) is 4.57 Å². The van der Waals surface area contributed by atoms with Gasteiger partial charge in [0.15, 0.2) is 0 Å². The van der Waals surface area contributed by atoms with E-state index in [1.165, 1.54) is 36.1 Å². The van der Waals surface area contributed by atoms with Crippen molar-refractivity contribution in [2.24, 2.45) is 0 Å². The van der Waals surface area contributed by atoms with Gasteiger partial charge in [0, 0.05) is 17.9 Å². The van der Waals surface area contributed by atoms with Gasteiger partial charge in [0.25, 0.3) is 0 Å². The highest BCUT2D eigenvalue weighted by Crippen LogP contribution is 2.38. The van der Waals surface area contributed by atoms with Crippen LogP contribution < -0.4 is 0 Å². The van der Waals surface area contributed by atoms with Gasteiger partial charge in [-0.25, -0.2) is 0 Å². The quantitative estimate of drug-likeness (QED) is 0.604. The van der Waals surface area contributed by atoms with Gasteiger partial charge in [0.2, 0.25) is 0 Å². The Bertz CT molecular complexity index is 784. The number of nitrogens with zero attached hydrogens (tertiary/aromatic N) is 1. The molecule has 0 bridgehead atoms. The van der Waals surface area contributed by atoms with Crippen LogP contribution in [0.3, 0.4) is 0 Å². The van der Waals surface area contributed by atoms with E-state index in [-0.39, 0.29) is 0 Å². The van der Waals surface area contributed by atoms with E-state index in [1.54, 1.807) is 11.3 Å². The van der Waals surface area contributed by atoms with Gasteiger partial charge < -0.3 is 4.57 Å². The van der Waals surface area contributed by atoms with Crippen molar-refractivity contribution >= 4 is 0 Å². The molecule has 0 saturated heterocycles. The molecule has 23 heavy (non-hydrogen) atoms. The van der Waals surface area contributed by atoms with E-state index >= 15 is 0 Å². The van der Waals surface area contributed by atoms with Gasteiger partial charge in [-0.2, -0.15) is 0 Å². The van der Waals surface area contributed by atoms with E-state index in [0.717, 1.165) is 6.54 Å². The van der Waals surface area contributed by atoms with Crippen LogP contribution in [0.1, 0.15) is 36.1 Å². The topological polar surface area (TPSA) is 4.93 Å². The molecule has 0 saturated carbocycles. The Hall–Kier alpha value is -2.28. The van der Waals surface area contributed by atoms with Gasteiger partial charge in [-0.05, 0) is 47.9 Å². The fourth-order valence-electron chi connectivity index (χ4n) is 3.92. The van der Waals surface area contributed by atoms with Crippen LogP contribution in [-0.4, -0.2) is 4.57 Å². The van der Waals surface area contributed by atoms with E-state index < -0.39 is 0 Å². The molecule has 0 spiro atoms. The maximum Gasteiger partial charge on any atom is 0.0485 e. The van der Waals surface area contributed by atoms with Crippen molar-refractivity contribution in [2.45, 2.75) is 38.6 Å². The molecule has 116 valence electrons. The highest BCUT2D eigenvalue weighted by Gasteiger charge is 2.27. The number of benzene rings is 2. The molecule has 0 N–H and O–H groups in total. The molecule has 1 aliphatic rings. The van der Waals surface area contributed by atoms with Gasteiger partial charge in [0.05, 0.1) is 0 Å². The maximum absolute atomic E-state index is 2.56. The van der Waals surface area contributed by atoms with Crippen LogP contribution in [-0.2, 0) is 19.4 Å². The van der Waals surface area contributed by atoms with Gasteiger partial charge in [0.1, 0.15) is 0 Å². The Morgan fingerprint density at radius 2 is 1.61 bits per heavy atom. The molecule has 1 aromatic heterocycles. The van der Waals surface area contributed by atoms with Gasteiger partial charge in [-0.1, -0.05) is 67.6 Å². The van der Waals surface area contributed by atoms with Gasteiger partial charge in [-0.15, -0.1) is 0 Å². The van der Waals surface area contributed by atoms with Crippen LogP contribution in [0.4, 0.5) is 0 Å². The highest BCUT2D eigenvalue weighted by molar-refractivity contribution is 5.63. The molecule has 1 heterocycles. The third-order valence-corrected chi connectivity index (χ3v) is 4.99. The lowest BCUT2D eigenvalue weighted by Gasteiger charge is -2.14. The molecule has 1 heteroatoms. The Balaban J connectivity index is 1.71. The molecular weight excluding hydrogens is 278 g/mol. The van der Waals surface area contributed by atoms with Crippen LogP contribution in [0.5, 0.6) is 0 Å². The average molecular weight is 301 g/mol. The first-order valence-electron chi connectivity index (χ1n) is 8.68. The minimum Gasteiger partial charge on any atom is -0.344 e. The summed E-state index contributed by atoms with van der Waals surface area (Å²) >= 11 is 0. The van der Waals surface area contributed by atoms with Crippen LogP contribution in [0.15, 0.2) is 66.7 Å². The van der Waals surface area contributed by atoms with Crippen LogP contribution in [0, 0.1) is 0 Å².